The van der Waals surface area contributed by atoms with E-state index in [1.165, 1.54) is 24.3 Å². The van der Waals surface area contributed by atoms with Gasteiger partial charge in [0.2, 0.25) is 11.8 Å². The second-order valence-corrected chi connectivity index (χ2v) is 6.49. The summed E-state index contributed by atoms with van der Waals surface area (Å²) in [6.45, 7) is 4.24. The number of fused-ring (bicyclic) bond motifs is 1. The van der Waals surface area contributed by atoms with Crippen molar-refractivity contribution in [1.82, 2.24) is 0 Å². The SMILES string of the molecule is CCOC(=O)c1ccc2c(c1)N[C@H](CC(=O)Nc1ccc(F)cc1)C(=O)N2CC. The van der Waals surface area contributed by atoms with E-state index in [1.54, 1.807) is 30.0 Å². The van der Waals surface area contributed by atoms with Crippen molar-refractivity contribution in [1.29, 1.82) is 0 Å². The van der Waals surface area contributed by atoms with Crippen LogP contribution in [0.15, 0.2) is 42.5 Å². The molecule has 1 aliphatic rings. The molecule has 0 aromatic heterocycles. The van der Waals surface area contributed by atoms with Crippen LogP contribution in [-0.2, 0) is 14.3 Å². The summed E-state index contributed by atoms with van der Waals surface area (Å²) in [5.41, 5.74) is 2.02. The highest BCUT2D eigenvalue weighted by Crippen LogP contribution is 2.33. The van der Waals surface area contributed by atoms with Crippen molar-refractivity contribution >= 4 is 34.8 Å². The van der Waals surface area contributed by atoms with E-state index in [0.717, 1.165) is 0 Å². The number of hydrogen-bond acceptors (Lipinski definition) is 5. The van der Waals surface area contributed by atoms with E-state index in [-0.39, 0.29) is 24.8 Å². The van der Waals surface area contributed by atoms with Gasteiger partial charge in [-0.25, -0.2) is 9.18 Å². The number of rotatable bonds is 6. The third-order valence-electron chi connectivity index (χ3n) is 4.53. The molecule has 0 radical (unpaired) electrons. The monoisotopic (exact) mass is 399 g/mol. The van der Waals surface area contributed by atoms with Gasteiger partial charge in [-0.05, 0) is 56.3 Å². The van der Waals surface area contributed by atoms with Gasteiger partial charge < -0.3 is 20.3 Å². The molecule has 0 spiro atoms. The van der Waals surface area contributed by atoms with Crippen molar-refractivity contribution < 1.29 is 23.5 Å². The lowest BCUT2D eigenvalue weighted by Crippen LogP contribution is -2.48. The number of benzene rings is 2. The van der Waals surface area contributed by atoms with E-state index in [0.29, 0.717) is 29.2 Å². The van der Waals surface area contributed by atoms with Crippen LogP contribution in [0.1, 0.15) is 30.6 Å². The van der Waals surface area contributed by atoms with Crippen LogP contribution in [0.2, 0.25) is 0 Å². The van der Waals surface area contributed by atoms with Gasteiger partial charge in [0.15, 0.2) is 0 Å². The van der Waals surface area contributed by atoms with E-state index in [4.69, 9.17) is 4.74 Å². The third-order valence-corrected chi connectivity index (χ3v) is 4.53. The van der Waals surface area contributed by atoms with Crippen molar-refractivity contribution in [3.8, 4) is 0 Å². The maximum absolute atomic E-state index is 13.0. The van der Waals surface area contributed by atoms with Gasteiger partial charge in [-0.15, -0.1) is 0 Å². The summed E-state index contributed by atoms with van der Waals surface area (Å²) in [6.07, 6.45) is -0.115. The molecule has 1 aliphatic heterocycles. The molecule has 2 amide bonds. The number of ether oxygens (including phenoxy) is 1. The van der Waals surface area contributed by atoms with Gasteiger partial charge in [0.25, 0.3) is 0 Å². The minimum absolute atomic E-state index is 0.115. The van der Waals surface area contributed by atoms with Gasteiger partial charge in [0.05, 0.1) is 30.0 Å². The van der Waals surface area contributed by atoms with E-state index in [1.807, 2.05) is 6.92 Å². The quantitative estimate of drug-likeness (QED) is 0.729. The third kappa shape index (κ3) is 4.53. The van der Waals surface area contributed by atoms with Crippen LogP contribution in [0.3, 0.4) is 0 Å². The molecule has 2 aromatic carbocycles. The van der Waals surface area contributed by atoms with Gasteiger partial charge in [0, 0.05) is 12.2 Å². The molecule has 3 rings (SSSR count). The van der Waals surface area contributed by atoms with Crippen LogP contribution < -0.4 is 15.5 Å². The molecule has 152 valence electrons. The molecular weight excluding hydrogens is 377 g/mol. The molecule has 0 aliphatic carbocycles. The molecule has 1 heterocycles. The van der Waals surface area contributed by atoms with Crippen molar-refractivity contribution in [3.05, 3.63) is 53.8 Å². The predicted molar refractivity (Wildman–Crippen MR) is 107 cm³/mol. The standard InChI is InChI=1S/C21H22FN3O4/c1-3-25-18-10-5-13(21(28)29-4-2)11-16(18)24-17(20(25)27)12-19(26)23-15-8-6-14(22)7-9-15/h5-11,17,24H,3-4,12H2,1-2H3,(H,23,26)/t17-/m1/s1. The Hall–Kier alpha value is -3.42. The summed E-state index contributed by atoms with van der Waals surface area (Å²) >= 11 is 0. The summed E-state index contributed by atoms with van der Waals surface area (Å²) < 4.78 is 18.0. The first kappa shape index (κ1) is 20.3. The number of amides is 2. The minimum atomic E-state index is -0.791. The van der Waals surface area contributed by atoms with Gasteiger partial charge in [0.1, 0.15) is 11.9 Å². The summed E-state index contributed by atoms with van der Waals surface area (Å²) in [5, 5.41) is 5.70. The lowest BCUT2D eigenvalue weighted by atomic mass is 10.0. The molecule has 7 nitrogen and oxygen atoms in total. The van der Waals surface area contributed by atoms with Crippen LogP contribution in [0.4, 0.5) is 21.5 Å². The Morgan fingerprint density at radius 2 is 1.90 bits per heavy atom. The summed E-state index contributed by atoms with van der Waals surface area (Å²) in [5.74, 6) is -1.48. The number of nitrogens with one attached hydrogen (secondary N) is 2. The molecule has 0 unspecified atom stereocenters. The van der Waals surface area contributed by atoms with Gasteiger partial charge in [-0.1, -0.05) is 0 Å². The average Bonchev–Trinajstić information content (AvgIpc) is 2.70. The van der Waals surface area contributed by atoms with Crippen LogP contribution >= 0.6 is 0 Å². The first-order valence-electron chi connectivity index (χ1n) is 9.37. The fraction of sp³-hybridized carbons (Fsp3) is 0.286. The highest BCUT2D eigenvalue weighted by molar-refractivity contribution is 6.08. The normalized spacial score (nSPS) is 15.3. The molecule has 0 bridgehead atoms. The summed E-state index contributed by atoms with van der Waals surface area (Å²) in [6, 6.07) is 9.50. The number of esters is 1. The fourth-order valence-corrected chi connectivity index (χ4v) is 3.18. The highest BCUT2D eigenvalue weighted by Gasteiger charge is 2.33. The van der Waals surface area contributed by atoms with Gasteiger partial charge >= 0.3 is 5.97 Å². The number of nitrogens with zero attached hydrogens (tertiary/aromatic N) is 1. The van der Waals surface area contributed by atoms with E-state index >= 15 is 0 Å². The lowest BCUT2D eigenvalue weighted by Gasteiger charge is -2.34. The average molecular weight is 399 g/mol. The smallest absolute Gasteiger partial charge is 0.338 e. The zero-order valence-electron chi connectivity index (χ0n) is 16.2. The molecule has 0 fully saturated rings. The topological polar surface area (TPSA) is 87.7 Å². The summed E-state index contributed by atoms with van der Waals surface area (Å²) in [7, 11) is 0. The van der Waals surface area contributed by atoms with Crippen LogP contribution in [0, 0.1) is 5.82 Å². The van der Waals surface area contributed by atoms with Crippen molar-refractivity contribution in [2.75, 3.05) is 28.7 Å². The molecule has 2 N–H and O–H groups in total. The van der Waals surface area contributed by atoms with Crippen molar-refractivity contribution in [2.24, 2.45) is 0 Å². The molecule has 8 heteroatoms. The molecule has 1 atom stereocenters. The van der Waals surface area contributed by atoms with E-state index in [9.17, 15) is 18.8 Å². The van der Waals surface area contributed by atoms with Gasteiger partial charge in [-0.3, -0.25) is 9.59 Å². The lowest BCUT2D eigenvalue weighted by molar-refractivity contribution is -0.123. The fourth-order valence-electron chi connectivity index (χ4n) is 3.18. The van der Waals surface area contributed by atoms with Crippen LogP contribution in [0.25, 0.3) is 0 Å². The van der Waals surface area contributed by atoms with E-state index in [2.05, 4.69) is 10.6 Å². The Bertz CT molecular complexity index is 930. The zero-order valence-corrected chi connectivity index (χ0v) is 16.2. The maximum Gasteiger partial charge on any atom is 0.338 e. The molecule has 0 saturated carbocycles. The Labute approximate surface area is 167 Å². The number of hydrogen-bond donors (Lipinski definition) is 2. The molecule has 2 aromatic rings. The molecule has 0 saturated heterocycles. The van der Waals surface area contributed by atoms with E-state index < -0.39 is 17.8 Å². The molecule has 29 heavy (non-hydrogen) atoms. The Kier molecular flexibility index (Phi) is 6.11. The zero-order chi connectivity index (χ0) is 21.0. The first-order chi connectivity index (χ1) is 13.9. The van der Waals surface area contributed by atoms with Gasteiger partial charge in [-0.2, -0.15) is 0 Å². The highest BCUT2D eigenvalue weighted by atomic mass is 19.1. The number of anilines is 3. The second kappa shape index (κ2) is 8.72. The largest absolute Gasteiger partial charge is 0.462 e. The van der Waals surface area contributed by atoms with Crippen LogP contribution in [-0.4, -0.2) is 37.0 Å². The minimum Gasteiger partial charge on any atom is -0.462 e. The van der Waals surface area contributed by atoms with Crippen molar-refractivity contribution in [2.45, 2.75) is 26.3 Å². The number of carbonyl (C=O) groups excluding carboxylic acids is 3. The predicted octanol–water partition coefficient (Wildman–Crippen LogP) is 3.18. The van der Waals surface area contributed by atoms with Crippen LogP contribution in [0.5, 0.6) is 0 Å². The Morgan fingerprint density at radius 1 is 1.17 bits per heavy atom. The summed E-state index contributed by atoms with van der Waals surface area (Å²) in [4.78, 5) is 38.8. The molecular formula is C21H22FN3O4. The van der Waals surface area contributed by atoms with Crippen molar-refractivity contribution in [3.63, 3.8) is 0 Å². The number of likely N-dealkylation sites (N-methyl/N-ethyl adjacent to an activating group) is 1. The second-order valence-electron chi connectivity index (χ2n) is 6.49. The maximum atomic E-state index is 13.0. The number of halogens is 1. The number of carbonyl (C=O) groups is 3. The Balaban J connectivity index is 1.78. The Morgan fingerprint density at radius 3 is 2.55 bits per heavy atom. The first-order valence-corrected chi connectivity index (χ1v) is 9.37.